The summed E-state index contributed by atoms with van der Waals surface area (Å²) in [4.78, 5) is 16.2. The number of ether oxygens (including phenoxy) is 3. The number of nitrogens with zero attached hydrogens (tertiary/aromatic N) is 2. The Labute approximate surface area is 157 Å². The molecule has 0 spiro atoms. The van der Waals surface area contributed by atoms with Crippen LogP contribution in [-0.4, -0.2) is 36.5 Å². The number of alkyl carbamates (subject to hydrolysis) is 1. The maximum atomic E-state index is 11.6. The van der Waals surface area contributed by atoms with Crippen molar-refractivity contribution in [2.75, 3.05) is 20.8 Å². The lowest BCUT2D eigenvalue weighted by Gasteiger charge is -2.16. The van der Waals surface area contributed by atoms with Crippen LogP contribution in [0, 0.1) is 0 Å². The Balaban J connectivity index is 1.79. The number of rotatable bonds is 7. The van der Waals surface area contributed by atoms with E-state index in [2.05, 4.69) is 14.9 Å². The highest BCUT2D eigenvalue weighted by atomic mass is 16.5. The van der Waals surface area contributed by atoms with Crippen molar-refractivity contribution in [1.82, 2.24) is 14.9 Å². The molecule has 2 aromatic carbocycles. The minimum absolute atomic E-state index is 0.304. The highest BCUT2D eigenvalue weighted by molar-refractivity contribution is 5.76. The lowest BCUT2D eigenvalue weighted by atomic mass is 10.3. The third-order valence-corrected chi connectivity index (χ3v) is 4.22. The molecule has 0 unspecified atom stereocenters. The van der Waals surface area contributed by atoms with Crippen LogP contribution in [0.1, 0.15) is 18.8 Å². The summed E-state index contributed by atoms with van der Waals surface area (Å²) in [5, 5.41) is 2.77. The molecule has 0 aliphatic carbocycles. The molecule has 3 aromatic rings. The van der Waals surface area contributed by atoms with Crippen LogP contribution in [0.4, 0.5) is 4.79 Å². The number of carbonyl (C=O) groups excluding carboxylic acids is 1. The first-order valence-electron chi connectivity index (χ1n) is 8.69. The second-order valence-electron chi connectivity index (χ2n) is 6.00. The summed E-state index contributed by atoms with van der Waals surface area (Å²) >= 11 is 0. The second kappa shape index (κ2) is 8.44. The highest BCUT2D eigenvalue weighted by Crippen LogP contribution is 2.22. The van der Waals surface area contributed by atoms with Gasteiger partial charge in [-0.15, -0.1) is 0 Å². The predicted octanol–water partition coefficient (Wildman–Crippen LogP) is 3.54. The van der Waals surface area contributed by atoms with E-state index in [-0.39, 0.29) is 6.04 Å². The average molecular weight is 369 g/mol. The second-order valence-corrected chi connectivity index (χ2v) is 6.00. The van der Waals surface area contributed by atoms with Crippen molar-refractivity contribution in [3.05, 3.63) is 54.4 Å². The van der Waals surface area contributed by atoms with Crippen LogP contribution in [0.5, 0.6) is 11.5 Å². The van der Waals surface area contributed by atoms with Gasteiger partial charge in [-0.2, -0.15) is 0 Å². The van der Waals surface area contributed by atoms with Gasteiger partial charge in [-0.05, 0) is 31.2 Å². The Morgan fingerprint density at radius 3 is 2.70 bits per heavy atom. The molecule has 0 saturated carbocycles. The van der Waals surface area contributed by atoms with Crippen LogP contribution in [0.25, 0.3) is 11.0 Å². The van der Waals surface area contributed by atoms with Gasteiger partial charge in [-0.3, -0.25) is 0 Å². The van der Waals surface area contributed by atoms with Crippen molar-refractivity contribution in [3.63, 3.8) is 0 Å². The van der Waals surface area contributed by atoms with E-state index in [0.29, 0.717) is 13.2 Å². The number of fused-ring (bicyclic) bond motifs is 1. The Kier molecular flexibility index (Phi) is 5.80. The van der Waals surface area contributed by atoms with E-state index in [1.54, 1.807) is 7.11 Å². The number of nitrogens with one attached hydrogen (secondary N) is 1. The molecule has 142 valence electrons. The van der Waals surface area contributed by atoms with Gasteiger partial charge in [0.2, 0.25) is 0 Å². The van der Waals surface area contributed by atoms with Crippen molar-refractivity contribution in [2.24, 2.45) is 0 Å². The zero-order chi connectivity index (χ0) is 19.2. The van der Waals surface area contributed by atoms with Gasteiger partial charge in [-0.1, -0.05) is 18.2 Å². The lowest BCUT2D eigenvalue weighted by Crippen LogP contribution is -2.28. The maximum absolute atomic E-state index is 11.6. The number of methoxy groups -OCH3 is 2. The molecule has 1 heterocycles. The number of carbonyl (C=O) groups is 1. The van der Waals surface area contributed by atoms with Crippen molar-refractivity contribution in [1.29, 1.82) is 0 Å². The molecule has 7 heteroatoms. The van der Waals surface area contributed by atoms with Gasteiger partial charge in [-0.25, -0.2) is 9.78 Å². The number of hydrogen-bond donors (Lipinski definition) is 1. The molecule has 3 rings (SSSR count). The molecule has 1 amide bonds. The molecular weight excluding hydrogens is 346 g/mol. The molecule has 1 aromatic heterocycles. The molecule has 1 N–H and O–H groups in total. The van der Waals surface area contributed by atoms with E-state index in [9.17, 15) is 4.79 Å². The summed E-state index contributed by atoms with van der Waals surface area (Å²) in [5.41, 5.74) is 1.85. The molecular formula is C20H23N3O4. The van der Waals surface area contributed by atoms with Crippen LogP contribution in [0.15, 0.2) is 48.5 Å². The molecule has 0 fully saturated rings. The van der Waals surface area contributed by atoms with Crippen LogP contribution in [0.2, 0.25) is 0 Å². The summed E-state index contributed by atoms with van der Waals surface area (Å²) in [5.74, 6) is 2.23. The van der Waals surface area contributed by atoms with Gasteiger partial charge in [0.15, 0.2) is 0 Å². The van der Waals surface area contributed by atoms with E-state index in [4.69, 9.17) is 14.2 Å². The predicted molar refractivity (Wildman–Crippen MR) is 102 cm³/mol. The lowest BCUT2D eigenvalue weighted by molar-refractivity contribution is 0.166. The number of hydrogen-bond acceptors (Lipinski definition) is 5. The summed E-state index contributed by atoms with van der Waals surface area (Å²) in [6, 6.07) is 15.0. The molecule has 0 saturated heterocycles. The quantitative estimate of drug-likeness (QED) is 0.689. The highest BCUT2D eigenvalue weighted by Gasteiger charge is 2.18. The van der Waals surface area contributed by atoms with Gasteiger partial charge < -0.3 is 24.1 Å². The summed E-state index contributed by atoms with van der Waals surface area (Å²) in [6.07, 6.45) is -0.492. The van der Waals surface area contributed by atoms with Gasteiger partial charge in [0.1, 0.15) is 23.9 Å². The molecule has 0 radical (unpaired) electrons. The third kappa shape index (κ3) is 4.31. The molecule has 7 nitrogen and oxygen atoms in total. The standard InChI is InChI=1S/C20H23N3O4/c1-14(21-20(24)26-3)19-22-17-9-4-5-10-18(17)23(19)11-12-27-16-8-6-7-15(13-16)25-2/h4-10,13-14H,11-12H2,1-3H3,(H,21,24)/t14-/m1/s1. The number of amides is 1. The van der Waals surface area contributed by atoms with E-state index in [1.165, 1.54) is 7.11 Å². The minimum atomic E-state index is -0.492. The van der Waals surface area contributed by atoms with Crippen molar-refractivity contribution in [2.45, 2.75) is 19.5 Å². The fourth-order valence-corrected chi connectivity index (χ4v) is 2.91. The topological polar surface area (TPSA) is 74.6 Å². The summed E-state index contributed by atoms with van der Waals surface area (Å²) < 4.78 is 17.8. The van der Waals surface area contributed by atoms with Crippen LogP contribution < -0.4 is 14.8 Å². The Bertz CT molecular complexity index is 922. The maximum Gasteiger partial charge on any atom is 0.407 e. The Morgan fingerprint density at radius 2 is 1.93 bits per heavy atom. The van der Waals surface area contributed by atoms with Gasteiger partial charge in [0.05, 0.1) is 37.8 Å². The largest absolute Gasteiger partial charge is 0.497 e. The monoisotopic (exact) mass is 369 g/mol. The fraction of sp³-hybridized carbons (Fsp3) is 0.300. The smallest absolute Gasteiger partial charge is 0.407 e. The fourth-order valence-electron chi connectivity index (χ4n) is 2.91. The van der Waals surface area contributed by atoms with Gasteiger partial charge in [0, 0.05) is 6.07 Å². The minimum Gasteiger partial charge on any atom is -0.497 e. The van der Waals surface area contributed by atoms with Crippen molar-refractivity contribution in [3.8, 4) is 11.5 Å². The molecule has 27 heavy (non-hydrogen) atoms. The third-order valence-electron chi connectivity index (χ3n) is 4.22. The van der Waals surface area contributed by atoms with Gasteiger partial charge in [0.25, 0.3) is 0 Å². The summed E-state index contributed by atoms with van der Waals surface area (Å²) in [6.45, 7) is 2.91. The van der Waals surface area contributed by atoms with Crippen LogP contribution in [0.3, 0.4) is 0 Å². The normalized spacial score (nSPS) is 11.8. The van der Waals surface area contributed by atoms with Gasteiger partial charge >= 0.3 is 6.09 Å². The van der Waals surface area contributed by atoms with Crippen molar-refractivity contribution >= 4 is 17.1 Å². The van der Waals surface area contributed by atoms with Crippen LogP contribution in [-0.2, 0) is 11.3 Å². The first kappa shape index (κ1) is 18.6. The van der Waals surface area contributed by atoms with Crippen molar-refractivity contribution < 1.29 is 19.0 Å². The molecule has 1 atom stereocenters. The number of benzene rings is 2. The summed E-state index contributed by atoms with van der Waals surface area (Å²) in [7, 11) is 2.96. The SMILES string of the molecule is COC(=O)N[C@H](C)c1nc2ccccc2n1CCOc1cccc(OC)c1. The Morgan fingerprint density at radius 1 is 1.15 bits per heavy atom. The number of para-hydroxylation sites is 2. The molecule has 0 bridgehead atoms. The molecule has 0 aliphatic rings. The van der Waals surface area contributed by atoms with E-state index in [0.717, 1.165) is 28.4 Å². The van der Waals surface area contributed by atoms with Crippen LogP contribution >= 0.6 is 0 Å². The average Bonchev–Trinajstić information content (AvgIpc) is 3.07. The van der Waals surface area contributed by atoms with E-state index in [1.807, 2.05) is 55.5 Å². The first-order valence-corrected chi connectivity index (χ1v) is 8.69. The number of imidazole rings is 1. The Hall–Kier alpha value is -3.22. The first-order chi connectivity index (χ1) is 13.1. The van der Waals surface area contributed by atoms with E-state index >= 15 is 0 Å². The van der Waals surface area contributed by atoms with E-state index < -0.39 is 6.09 Å². The number of aromatic nitrogens is 2. The zero-order valence-corrected chi connectivity index (χ0v) is 15.6. The zero-order valence-electron chi connectivity index (χ0n) is 15.6. The molecule has 0 aliphatic heterocycles.